The van der Waals surface area contributed by atoms with Crippen LogP contribution in [0.1, 0.15) is 17.5 Å². The molecule has 1 aromatic heterocycles. The second-order valence-electron chi connectivity index (χ2n) is 6.05. The smallest absolute Gasteiger partial charge is 0.166 e. The monoisotopic (exact) mass is 387 g/mol. The molecule has 3 aromatic rings. The van der Waals surface area contributed by atoms with Crippen LogP contribution in [0.2, 0.25) is 0 Å². The summed E-state index contributed by atoms with van der Waals surface area (Å²) in [6.07, 6.45) is 6.68. The number of hydrogen-bond donors (Lipinski definition) is 1. The molecule has 1 N–H and O–H groups in total. The summed E-state index contributed by atoms with van der Waals surface area (Å²) in [5.74, 6) is 1.57. The number of nitrogens with one attached hydrogen (secondary N) is 1. The number of aryl methyl sites for hydroxylation is 1. The van der Waals surface area contributed by atoms with Gasteiger partial charge in [-0.2, -0.15) is 0 Å². The highest BCUT2D eigenvalue weighted by Gasteiger charge is 2.10. The summed E-state index contributed by atoms with van der Waals surface area (Å²) < 4.78 is 13.7. The standard InChI is InChI=1S/C21H25N3O2.ClH/c1-25-20-10-5-9-19(15-22-11-6-13-24-14-12-23-17-24)21(20)26-16-18-7-3-2-4-8-18;/h2-5,7-10,12,14,17,22H,6,11,13,15-16H2,1H3;1H. The van der Waals surface area contributed by atoms with Crippen LogP contribution in [0.3, 0.4) is 0 Å². The van der Waals surface area contributed by atoms with E-state index in [4.69, 9.17) is 9.47 Å². The Balaban J connectivity index is 0.00000261. The Bertz CT molecular complexity index is 779. The third-order valence-corrected chi connectivity index (χ3v) is 4.15. The molecule has 6 heteroatoms. The van der Waals surface area contributed by atoms with Crippen LogP contribution in [0.25, 0.3) is 0 Å². The molecule has 5 nitrogen and oxygen atoms in total. The number of halogens is 1. The van der Waals surface area contributed by atoms with Crippen LogP contribution < -0.4 is 14.8 Å². The first-order chi connectivity index (χ1) is 12.9. The fourth-order valence-electron chi connectivity index (χ4n) is 2.78. The molecular formula is C21H26ClN3O2. The number of nitrogens with zero attached hydrogens (tertiary/aromatic N) is 2. The summed E-state index contributed by atoms with van der Waals surface area (Å²) in [5.41, 5.74) is 2.24. The molecule has 3 rings (SSSR count). The lowest BCUT2D eigenvalue weighted by Crippen LogP contribution is -2.17. The van der Waals surface area contributed by atoms with Gasteiger partial charge in [0.15, 0.2) is 11.5 Å². The van der Waals surface area contributed by atoms with Gasteiger partial charge in [0.2, 0.25) is 0 Å². The number of aromatic nitrogens is 2. The average Bonchev–Trinajstić information content (AvgIpc) is 3.20. The minimum atomic E-state index is 0. The van der Waals surface area contributed by atoms with Crippen LogP contribution in [0.5, 0.6) is 11.5 Å². The van der Waals surface area contributed by atoms with Gasteiger partial charge in [-0.05, 0) is 24.6 Å². The first-order valence-corrected chi connectivity index (χ1v) is 8.86. The van der Waals surface area contributed by atoms with Crippen molar-refractivity contribution < 1.29 is 9.47 Å². The second-order valence-corrected chi connectivity index (χ2v) is 6.05. The Morgan fingerprint density at radius 3 is 2.67 bits per heavy atom. The average molecular weight is 388 g/mol. The third-order valence-electron chi connectivity index (χ3n) is 4.15. The minimum Gasteiger partial charge on any atom is -0.493 e. The van der Waals surface area contributed by atoms with Crippen LogP contribution >= 0.6 is 12.4 Å². The lowest BCUT2D eigenvalue weighted by atomic mass is 10.1. The van der Waals surface area contributed by atoms with Crippen molar-refractivity contribution in [2.24, 2.45) is 0 Å². The molecule has 0 bridgehead atoms. The van der Waals surface area contributed by atoms with Gasteiger partial charge in [0.05, 0.1) is 13.4 Å². The Hall–Kier alpha value is -2.50. The van der Waals surface area contributed by atoms with Gasteiger partial charge in [-0.1, -0.05) is 42.5 Å². The van der Waals surface area contributed by atoms with Crippen LogP contribution in [0.15, 0.2) is 67.3 Å². The quantitative estimate of drug-likeness (QED) is 0.533. The predicted molar refractivity (Wildman–Crippen MR) is 110 cm³/mol. The van der Waals surface area contributed by atoms with Gasteiger partial charge in [-0.25, -0.2) is 4.98 Å². The highest BCUT2D eigenvalue weighted by atomic mass is 35.5. The van der Waals surface area contributed by atoms with E-state index in [2.05, 4.69) is 33.1 Å². The predicted octanol–water partition coefficient (Wildman–Crippen LogP) is 4.07. The van der Waals surface area contributed by atoms with Crippen molar-refractivity contribution in [2.75, 3.05) is 13.7 Å². The minimum absolute atomic E-state index is 0. The van der Waals surface area contributed by atoms with E-state index in [1.165, 1.54) is 0 Å². The highest BCUT2D eigenvalue weighted by molar-refractivity contribution is 5.85. The molecule has 0 aliphatic carbocycles. The maximum atomic E-state index is 6.08. The highest BCUT2D eigenvalue weighted by Crippen LogP contribution is 2.31. The summed E-state index contributed by atoms with van der Waals surface area (Å²) in [6, 6.07) is 16.2. The van der Waals surface area contributed by atoms with E-state index in [0.717, 1.165) is 48.7 Å². The third kappa shape index (κ3) is 6.31. The van der Waals surface area contributed by atoms with Crippen molar-refractivity contribution in [3.63, 3.8) is 0 Å². The molecule has 0 amide bonds. The molecule has 0 aliphatic heterocycles. The molecule has 0 spiro atoms. The number of ether oxygens (including phenoxy) is 2. The Morgan fingerprint density at radius 2 is 1.93 bits per heavy atom. The van der Waals surface area contributed by atoms with E-state index >= 15 is 0 Å². The maximum Gasteiger partial charge on any atom is 0.166 e. The van der Waals surface area contributed by atoms with Crippen molar-refractivity contribution in [3.8, 4) is 11.5 Å². The first-order valence-electron chi connectivity index (χ1n) is 8.86. The van der Waals surface area contributed by atoms with Gasteiger partial charge in [-0.3, -0.25) is 0 Å². The van der Waals surface area contributed by atoms with Crippen molar-refractivity contribution >= 4 is 12.4 Å². The molecule has 0 fully saturated rings. The van der Waals surface area contributed by atoms with Crippen molar-refractivity contribution in [2.45, 2.75) is 26.1 Å². The van der Waals surface area contributed by atoms with Gasteiger partial charge in [0.1, 0.15) is 6.61 Å². The van der Waals surface area contributed by atoms with Crippen LogP contribution in [0, 0.1) is 0 Å². The summed E-state index contributed by atoms with van der Waals surface area (Å²) in [4.78, 5) is 4.06. The van der Waals surface area contributed by atoms with E-state index in [9.17, 15) is 0 Å². The van der Waals surface area contributed by atoms with E-state index in [1.807, 2.05) is 42.9 Å². The fraction of sp³-hybridized carbons (Fsp3) is 0.286. The van der Waals surface area contributed by atoms with Crippen molar-refractivity contribution in [3.05, 3.63) is 78.4 Å². The van der Waals surface area contributed by atoms with Gasteiger partial charge in [0.25, 0.3) is 0 Å². The molecule has 1 heterocycles. The van der Waals surface area contributed by atoms with Crippen LogP contribution in [-0.4, -0.2) is 23.2 Å². The van der Waals surface area contributed by atoms with Gasteiger partial charge in [0, 0.05) is 31.0 Å². The van der Waals surface area contributed by atoms with Crippen LogP contribution in [-0.2, 0) is 19.7 Å². The zero-order valence-corrected chi connectivity index (χ0v) is 16.3. The van der Waals surface area contributed by atoms with E-state index in [-0.39, 0.29) is 12.4 Å². The lowest BCUT2D eigenvalue weighted by Gasteiger charge is -2.16. The number of methoxy groups -OCH3 is 1. The zero-order valence-electron chi connectivity index (χ0n) is 15.5. The molecule has 0 aliphatic rings. The molecule has 0 unspecified atom stereocenters. The van der Waals surface area contributed by atoms with Gasteiger partial charge in [-0.15, -0.1) is 12.4 Å². The zero-order chi connectivity index (χ0) is 18.0. The Labute approximate surface area is 166 Å². The molecule has 27 heavy (non-hydrogen) atoms. The molecule has 2 aromatic carbocycles. The largest absolute Gasteiger partial charge is 0.493 e. The van der Waals surface area contributed by atoms with E-state index in [0.29, 0.717) is 6.61 Å². The lowest BCUT2D eigenvalue weighted by molar-refractivity contribution is 0.280. The van der Waals surface area contributed by atoms with Gasteiger partial charge >= 0.3 is 0 Å². The van der Waals surface area contributed by atoms with Crippen molar-refractivity contribution in [1.82, 2.24) is 14.9 Å². The topological polar surface area (TPSA) is 48.3 Å². The number of para-hydroxylation sites is 1. The summed E-state index contributed by atoms with van der Waals surface area (Å²) in [6.45, 7) is 3.15. The molecule has 144 valence electrons. The van der Waals surface area contributed by atoms with Crippen molar-refractivity contribution in [1.29, 1.82) is 0 Å². The van der Waals surface area contributed by atoms with Crippen LogP contribution in [0.4, 0.5) is 0 Å². The fourth-order valence-corrected chi connectivity index (χ4v) is 2.78. The molecule has 0 atom stereocenters. The van der Waals surface area contributed by atoms with Gasteiger partial charge < -0.3 is 19.4 Å². The molecule has 0 radical (unpaired) electrons. The number of hydrogen-bond acceptors (Lipinski definition) is 4. The van der Waals surface area contributed by atoms with E-state index < -0.39 is 0 Å². The summed E-state index contributed by atoms with van der Waals surface area (Å²) in [7, 11) is 1.67. The Kier molecular flexibility index (Phi) is 8.68. The summed E-state index contributed by atoms with van der Waals surface area (Å²) >= 11 is 0. The Morgan fingerprint density at radius 1 is 1.07 bits per heavy atom. The normalized spacial score (nSPS) is 10.3. The number of benzene rings is 2. The molecular weight excluding hydrogens is 362 g/mol. The second kappa shape index (κ2) is 11.3. The number of rotatable bonds is 10. The summed E-state index contributed by atoms with van der Waals surface area (Å²) in [5, 5.41) is 3.48. The molecule has 0 saturated heterocycles. The van der Waals surface area contributed by atoms with E-state index in [1.54, 1.807) is 13.3 Å². The first kappa shape index (κ1) is 20.8. The SMILES string of the molecule is COc1cccc(CNCCCn2ccnc2)c1OCc1ccccc1.Cl. The molecule has 0 saturated carbocycles. The number of imidazole rings is 1. The maximum absolute atomic E-state index is 6.08.